The Hall–Kier alpha value is -3.12. The number of rotatable bonds is 3. The molecule has 4 rings (SSSR count). The fourth-order valence-electron chi connectivity index (χ4n) is 3.25. The van der Waals surface area contributed by atoms with Crippen LogP contribution in [0.15, 0.2) is 65.9 Å². The van der Waals surface area contributed by atoms with E-state index < -0.39 is 17.9 Å². The molecule has 0 aliphatic carbocycles. The Morgan fingerprint density at radius 1 is 1.04 bits per heavy atom. The number of hydrogen-bond acceptors (Lipinski definition) is 5. The van der Waals surface area contributed by atoms with Gasteiger partial charge in [0.05, 0.1) is 22.0 Å². The minimum Gasteiger partial charge on any atom is -0.293 e. The number of allylic oxidation sites excluding steroid dienone is 1. The summed E-state index contributed by atoms with van der Waals surface area (Å²) in [7, 11) is 0. The van der Waals surface area contributed by atoms with Crippen LogP contribution < -0.4 is 15.3 Å². The zero-order chi connectivity index (χ0) is 18.4. The summed E-state index contributed by atoms with van der Waals surface area (Å²) in [5, 5.41) is 1.89. The van der Waals surface area contributed by atoms with Gasteiger partial charge in [-0.05, 0) is 24.3 Å². The molecule has 2 aliphatic heterocycles. The number of amides is 2. The van der Waals surface area contributed by atoms with E-state index in [0.717, 1.165) is 4.90 Å². The number of fused-ring (bicyclic) bond motifs is 1. The van der Waals surface area contributed by atoms with Crippen LogP contribution in [0.5, 0.6) is 0 Å². The lowest BCUT2D eigenvalue weighted by Gasteiger charge is -2.26. The molecule has 26 heavy (non-hydrogen) atoms. The third-order valence-electron chi connectivity index (χ3n) is 4.40. The number of anilines is 2. The Labute approximate surface area is 154 Å². The summed E-state index contributed by atoms with van der Waals surface area (Å²) in [5.74, 6) is -1.26. The second-order valence-corrected chi connectivity index (χ2v) is 6.40. The quantitative estimate of drug-likeness (QED) is 0.844. The summed E-state index contributed by atoms with van der Waals surface area (Å²) < 4.78 is 0. The van der Waals surface area contributed by atoms with Crippen molar-refractivity contribution in [2.45, 2.75) is 13.0 Å². The highest BCUT2D eigenvalue weighted by molar-refractivity contribution is 6.36. The Kier molecular flexibility index (Phi) is 3.77. The number of halogens is 1. The van der Waals surface area contributed by atoms with Gasteiger partial charge in [-0.15, -0.1) is 0 Å². The number of carbonyl (C=O) groups excluding carboxylic acids is 3. The molecule has 1 N–H and O–H groups in total. The molecule has 2 aromatic rings. The van der Waals surface area contributed by atoms with Crippen LogP contribution >= 0.6 is 11.6 Å². The topological polar surface area (TPSA) is 69.7 Å². The number of nitrogens with one attached hydrogen (secondary N) is 1. The Bertz CT molecular complexity index is 971. The van der Waals surface area contributed by atoms with Gasteiger partial charge in [-0.25, -0.2) is 4.90 Å². The minimum atomic E-state index is -0.943. The number of imide groups is 1. The van der Waals surface area contributed by atoms with E-state index in [2.05, 4.69) is 5.43 Å². The normalized spacial score (nSPS) is 19.1. The first-order valence-corrected chi connectivity index (χ1v) is 8.37. The maximum Gasteiger partial charge on any atom is 0.266 e. The third-order valence-corrected chi connectivity index (χ3v) is 4.72. The molecule has 0 aromatic heterocycles. The van der Waals surface area contributed by atoms with E-state index in [9.17, 15) is 14.4 Å². The van der Waals surface area contributed by atoms with Gasteiger partial charge in [0.25, 0.3) is 11.8 Å². The number of para-hydroxylation sites is 2. The summed E-state index contributed by atoms with van der Waals surface area (Å²) in [6, 6.07) is 14.6. The van der Waals surface area contributed by atoms with Crippen LogP contribution in [0.25, 0.3) is 0 Å². The van der Waals surface area contributed by atoms with Gasteiger partial charge >= 0.3 is 0 Å². The van der Waals surface area contributed by atoms with Crippen molar-refractivity contribution in [3.63, 3.8) is 0 Å². The van der Waals surface area contributed by atoms with Crippen molar-refractivity contribution in [2.75, 3.05) is 9.91 Å². The van der Waals surface area contributed by atoms with E-state index in [-0.39, 0.29) is 17.1 Å². The standard InChI is InChI=1S/C19H14ClN3O3/c1-11(24)16-15-17(23(21-16)14-10-6-5-9-13(14)20)19(26)22(18(15)25)12-7-3-2-4-8-12/h2-10,17,21H,1H3. The van der Waals surface area contributed by atoms with Crippen LogP contribution in [-0.4, -0.2) is 23.6 Å². The van der Waals surface area contributed by atoms with E-state index in [4.69, 9.17) is 11.6 Å². The summed E-state index contributed by atoms with van der Waals surface area (Å²) in [5.41, 5.74) is 4.14. The lowest BCUT2D eigenvalue weighted by molar-refractivity contribution is -0.121. The first kappa shape index (κ1) is 16.4. The largest absolute Gasteiger partial charge is 0.293 e. The van der Waals surface area contributed by atoms with Crippen LogP contribution in [0.2, 0.25) is 5.02 Å². The molecule has 0 saturated carbocycles. The van der Waals surface area contributed by atoms with Crippen molar-refractivity contribution in [2.24, 2.45) is 0 Å². The molecule has 2 heterocycles. The highest BCUT2D eigenvalue weighted by Gasteiger charge is 2.53. The Balaban J connectivity index is 1.85. The van der Waals surface area contributed by atoms with Crippen LogP contribution in [0.1, 0.15) is 6.92 Å². The second-order valence-electron chi connectivity index (χ2n) is 5.99. The van der Waals surface area contributed by atoms with E-state index in [1.165, 1.54) is 11.9 Å². The molecule has 2 amide bonds. The highest BCUT2D eigenvalue weighted by atomic mass is 35.5. The number of nitrogens with zero attached hydrogens (tertiary/aromatic N) is 2. The molecule has 0 spiro atoms. The molecule has 0 bridgehead atoms. The van der Waals surface area contributed by atoms with Gasteiger partial charge in [-0.3, -0.25) is 24.8 Å². The fourth-order valence-corrected chi connectivity index (χ4v) is 3.47. The summed E-state index contributed by atoms with van der Waals surface area (Å²) in [6.07, 6.45) is 0. The second kappa shape index (κ2) is 6.00. The smallest absolute Gasteiger partial charge is 0.266 e. The number of hydrazine groups is 1. The SMILES string of the molecule is CC(=O)C1=C2C(=O)N(c3ccccc3)C(=O)C2N(c2ccccc2Cl)N1. The zero-order valence-electron chi connectivity index (χ0n) is 13.8. The fraction of sp³-hybridized carbons (Fsp3) is 0.105. The Morgan fingerprint density at radius 2 is 1.69 bits per heavy atom. The Morgan fingerprint density at radius 3 is 2.35 bits per heavy atom. The number of hydrogen-bond donors (Lipinski definition) is 1. The molecule has 1 unspecified atom stereocenters. The maximum absolute atomic E-state index is 13.1. The minimum absolute atomic E-state index is 0.117. The molecule has 130 valence electrons. The van der Waals surface area contributed by atoms with Gasteiger partial charge in [0, 0.05) is 6.92 Å². The van der Waals surface area contributed by atoms with E-state index in [0.29, 0.717) is 16.4 Å². The van der Waals surface area contributed by atoms with Gasteiger partial charge in [-0.1, -0.05) is 41.9 Å². The molecule has 7 heteroatoms. The van der Waals surface area contributed by atoms with Crippen molar-refractivity contribution < 1.29 is 14.4 Å². The number of ketones is 1. The molecule has 2 aromatic carbocycles. The average Bonchev–Trinajstić information content (AvgIpc) is 3.14. The molecular weight excluding hydrogens is 354 g/mol. The molecule has 0 radical (unpaired) electrons. The number of carbonyl (C=O) groups is 3. The van der Waals surface area contributed by atoms with Gasteiger partial charge in [-0.2, -0.15) is 0 Å². The van der Waals surface area contributed by atoms with E-state index in [1.54, 1.807) is 54.6 Å². The number of benzene rings is 2. The molecule has 1 atom stereocenters. The van der Waals surface area contributed by atoms with Crippen molar-refractivity contribution in [3.05, 3.63) is 70.9 Å². The monoisotopic (exact) mass is 367 g/mol. The van der Waals surface area contributed by atoms with Crippen LogP contribution in [0, 0.1) is 0 Å². The molecule has 1 fully saturated rings. The van der Waals surface area contributed by atoms with Crippen molar-refractivity contribution in [1.29, 1.82) is 0 Å². The van der Waals surface area contributed by atoms with Gasteiger partial charge in [0.2, 0.25) is 0 Å². The van der Waals surface area contributed by atoms with Crippen molar-refractivity contribution in [1.82, 2.24) is 5.43 Å². The first-order chi connectivity index (χ1) is 12.5. The van der Waals surface area contributed by atoms with Crippen molar-refractivity contribution >= 4 is 40.6 Å². The van der Waals surface area contributed by atoms with Gasteiger partial charge in [0.15, 0.2) is 11.8 Å². The predicted molar refractivity (Wildman–Crippen MR) is 97.5 cm³/mol. The average molecular weight is 368 g/mol. The van der Waals surface area contributed by atoms with Crippen LogP contribution in [0.3, 0.4) is 0 Å². The summed E-state index contributed by atoms with van der Waals surface area (Å²) in [6.45, 7) is 1.35. The summed E-state index contributed by atoms with van der Waals surface area (Å²) >= 11 is 6.26. The van der Waals surface area contributed by atoms with Crippen LogP contribution in [-0.2, 0) is 14.4 Å². The number of Topliss-reactive ketones (excluding diaryl/α,β-unsaturated/α-hetero) is 1. The lowest BCUT2D eigenvalue weighted by atomic mass is 10.1. The summed E-state index contributed by atoms with van der Waals surface area (Å²) in [4.78, 5) is 39.3. The van der Waals surface area contributed by atoms with Gasteiger partial charge in [0.1, 0.15) is 5.70 Å². The zero-order valence-corrected chi connectivity index (χ0v) is 14.5. The molecule has 1 saturated heterocycles. The highest BCUT2D eigenvalue weighted by Crippen LogP contribution is 2.38. The maximum atomic E-state index is 13.1. The lowest BCUT2D eigenvalue weighted by Crippen LogP contribution is -2.46. The first-order valence-electron chi connectivity index (χ1n) is 7.99. The van der Waals surface area contributed by atoms with E-state index >= 15 is 0 Å². The molecule has 6 nitrogen and oxygen atoms in total. The third kappa shape index (κ3) is 2.30. The van der Waals surface area contributed by atoms with Gasteiger partial charge < -0.3 is 0 Å². The van der Waals surface area contributed by atoms with Crippen LogP contribution in [0.4, 0.5) is 11.4 Å². The molecular formula is C19H14ClN3O3. The van der Waals surface area contributed by atoms with Crippen molar-refractivity contribution in [3.8, 4) is 0 Å². The predicted octanol–water partition coefficient (Wildman–Crippen LogP) is 2.45. The molecule has 2 aliphatic rings. The van der Waals surface area contributed by atoms with E-state index in [1.807, 2.05) is 0 Å².